The Balaban J connectivity index is 1.87. The predicted octanol–water partition coefficient (Wildman–Crippen LogP) is 1.23. The quantitative estimate of drug-likeness (QED) is 0.722. The molecule has 0 aromatic heterocycles. The summed E-state index contributed by atoms with van der Waals surface area (Å²) in [5.41, 5.74) is 0.703. The highest BCUT2D eigenvalue weighted by molar-refractivity contribution is 7.87. The molecule has 6 nitrogen and oxygen atoms in total. The van der Waals surface area contributed by atoms with E-state index in [0.29, 0.717) is 6.42 Å². The third-order valence-electron chi connectivity index (χ3n) is 4.17. The van der Waals surface area contributed by atoms with Crippen LogP contribution in [0.1, 0.15) is 37.9 Å². The Morgan fingerprint density at radius 1 is 1.12 bits per heavy atom. The summed E-state index contributed by atoms with van der Waals surface area (Å²) in [6.45, 7) is 5.31. The van der Waals surface area contributed by atoms with Crippen molar-refractivity contribution in [2.24, 2.45) is 0 Å². The summed E-state index contributed by atoms with van der Waals surface area (Å²) >= 11 is 0. The molecule has 0 saturated carbocycles. The fraction of sp³-hybridized carbons (Fsp3) is 0.412. The Morgan fingerprint density at radius 2 is 1.75 bits per heavy atom. The average molecular weight is 348 g/mol. The molecule has 0 aliphatic heterocycles. The summed E-state index contributed by atoms with van der Waals surface area (Å²) in [4.78, 5) is 23.7. The lowest BCUT2D eigenvalue weighted by molar-refractivity contribution is 0.166. The van der Waals surface area contributed by atoms with Gasteiger partial charge in [-0.25, -0.2) is 4.21 Å². The fourth-order valence-electron chi connectivity index (χ4n) is 2.78. The third-order valence-corrected chi connectivity index (χ3v) is 5.67. The highest BCUT2D eigenvalue weighted by Gasteiger charge is 2.34. The van der Waals surface area contributed by atoms with Crippen molar-refractivity contribution in [3.05, 3.63) is 55.8 Å². The molecule has 0 heterocycles. The highest BCUT2D eigenvalue weighted by Crippen LogP contribution is 2.35. The molecule has 0 spiro atoms. The molecular formula is C17H20N2O4S. The molecule has 0 fully saturated rings. The number of hydrogen-bond acceptors (Lipinski definition) is 5. The number of fused-ring (bicyclic) bond motifs is 1. The van der Waals surface area contributed by atoms with Crippen LogP contribution in [0.2, 0.25) is 0 Å². The molecule has 7 heteroatoms. The van der Waals surface area contributed by atoms with E-state index in [2.05, 4.69) is 10.0 Å². The van der Waals surface area contributed by atoms with Crippen LogP contribution in [-0.2, 0) is 17.4 Å². The van der Waals surface area contributed by atoms with Gasteiger partial charge in [0, 0.05) is 6.42 Å². The number of rotatable bonds is 4. The van der Waals surface area contributed by atoms with Crippen LogP contribution in [0.25, 0.3) is 0 Å². The first kappa shape index (κ1) is 16.9. The second kappa shape index (κ2) is 5.82. The minimum Gasteiger partial charge on any atom is -0.390 e. The number of anilines is 2. The van der Waals surface area contributed by atoms with Crippen molar-refractivity contribution in [3.63, 3.8) is 0 Å². The van der Waals surface area contributed by atoms with Crippen LogP contribution in [0.5, 0.6) is 0 Å². The van der Waals surface area contributed by atoms with Gasteiger partial charge >= 0.3 is 0 Å². The second-order valence-corrected chi connectivity index (χ2v) is 8.95. The SMILES string of the molecule is CC(C)(C)[S@](=O)Nc1c(N[C@@H]2c3ccccc3C[C@H]2O)c(=O)c1=O. The van der Waals surface area contributed by atoms with Gasteiger partial charge in [0.05, 0.1) is 16.9 Å². The van der Waals surface area contributed by atoms with E-state index in [1.807, 2.05) is 24.3 Å². The second-order valence-electron chi connectivity index (χ2n) is 6.98. The first-order chi connectivity index (χ1) is 11.2. The lowest BCUT2D eigenvalue weighted by Crippen LogP contribution is -2.41. The molecule has 0 radical (unpaired) electrons. The first-order valence-corrected chi connectivity index (χ1v) is 8.89. The summed E-state index contributed by atoms with van der Waals surface area (Å²) in [6.07, 6.45) is -0.201. The van der Waals surface area contributed by atoms with Gasteiger partial charge in [-0.1, -0.05) is 24.3 Å². The zero-order chi connectivity index (χ0) is 17.6. The van der Waals surface area contributed by atoms with Crippen LogP contribution in [0.3, 0.4) is 0 Å². The minimum atomic E-state index is -1.51. The first-order valence-electron chi connectivity index (χ1n) is 7.74. The van der Waals surface area contributed by atoms with E-state index in [1.165, 1.54) is 0 Å². The average Bonchev–Trinajstić information content (AvgIpc) is 2.84. The Labute approximate surface area is 142 Å². The van der Waals surface area contributed by atoms with Gasteiger partial charge in [0.1, 0.15) is 22.4 Å². The Kier molecular flexibility index (Phi) is 4.09. The summed E-state index contributed by atoms with van der Waals surface area (Å²) in [5, 5.41) is 13.2. The Morgan fingerprint density at radius 3 is 2.42 bits per heavy atom. The van der Waals surface area contributed by atoms with Gasteiger partial charge in [-0.2, -0.15) is 0 Å². The van der Waals surface area contributed by atoms with Gasteiger partial charge in [0.15, 0.2) is 0 Å². The number of nitrogens with one attached hydrogen (secondary N) is 2. The van der Waals surface area contributed by atoms with E-state index in [0.717, 1.165) is 11.1 Å². The van der Waals surface area contributed by atoms with Crippen molar-refractivity contribution in [1.29, 1.82) is 0 Å². The van der Waals surface area contributed by atoms with E-state index < -0.39 is 38.7 Å². The molecule has 24 heavy (non-hydrogen) atoms. The van der Waals surface area contributed by atoms with Crippen molar-refractivity contribution in [1.82, 2.24) is 0 Å². The Bertz CT molecular complexity index is 878. The molecule has 1 aliphatic rings. The Hall–Kier alpha value is -1.99. The third kappa shape index (κ3) is 2.78. The molecule has 128 valence electrons. The number of benzene rings is 1. The van der Waals surface area contributed by atoms with Crippen LogP contribution in [0, 0.1) is 0 Å². The predicted molar refractivity (Wildman–Crippen MR) is 95.4 cm³/mol. The molecule has 2 aromatic carbocycles. The van der Waals surface area contributed by atoms with Crippen LogP contribution >= 0.6 is 0 Å². The fourth-order valence-corrected chi connectivity index (χ4v) is 3.46. The molecule has 3 N–H and O–H groups in total. The standard InChI is InChI=1S/C17H20N2O4S/c1-17(2,3)24(23)19-14-13(15(21)16(14)22)18-12-10-7-5-4-6-9(10)8-11(12)20/h4-7,11-12,18-20H,8H2,1-3H3/t11-,12-,24+/m1/s1. The maximum atomic E-state index is 12.2. The largest absolute Gasteiger partial charge is 0.390 e. The van der Waals surface area contributed by atoms with Crippen molar-refractivity contribution >= 4 is 22.4 Å². The van der Waals surface area contributed by atoms with Crippen molar-refractivity contribution in [2.45, 2.75) is 44.1 Å². The van der Waals surface area contributed by atoms with Gasteiger partial charge in [-0.15, -0.1) is 0 Å². The zero-order valence-electron chi connectivity index (χ0n) is 13.8. The summed E-state index contributed by atoms with van der Waals surface area (Å²) in [7, 11) is -1.51. The lowest BCUT2D eigenvalue weighted by atomic mass is 10.1. The number of aliphatic hydroxyl groups excluding tert-OH is 1. The van der Waals surface area contributed by atoms with Crippen LogP contribution in [0.4, 0.5) is 11.4 Å². The normalized spacial score (nSPS) is 21.5. The summed E-state index contributed by atoms with van der Waals surface area (Å²) < 4.78 is 14.3. The van der Waals surface area contributed by atoms with Crippen LogP contribution < -0.4 is 20.9 Å². The number of aliphatic hydroxyl groups is 1. The number of hydrogen-bond donors (Lipinski definition) is 3. The molecule has 0 amide bonds. The van der Waals surface area contributed by atoms with Gasteiger partial charge in [-0.3, -0.25) is 14.3 Å². The molecular weight excluding hydrogens is 328 g/mol. The monoisotopic (exact) mass is 348 g/mol. The molecule has 0 bridgehead atoms. The van der Waals surface area contributed by atoms with Gasteiger partial charge in [-0.05, 0) is 31.9 Å². The van der Waals surface area contributed by atoms with Crippen molar-refractivity contribution in [2.75, 3.05) is 10.0 Å². The van der Waals surface area contributed by atoms with Crippen molar-refractivity contribution in [3.8, 4) is 0 Å². The maximum Gasteiger partial charge on any atom is 0.254 e. The molecule has 3 atom stereocenters. The smallest absolute Gasteiger partial charge is 0.254 e. The van der Waals surface area contributed by atoms with Gasteiger partial charge in [0.25, 0.3) is 10.9 Å². The summed E-state index contributed by atoms with van der Waals surface area (Å²) in [6, 6.07) is 7.10. The van der Waals surface area contributed by atoms with Crippen LogP contribution in [0.15, 0.2) is 33.9 Å². The van der Waals surface area contributed by atoms with E-state index in [9.17, 15) is 18.9 Å². The molecule has 0 unspecified atom stereocenters. The van der Waals surface area contributed by atoms with Crippen molar-refractivity contribution < 1.29 is 9.32 Å². The van der Waals surface area contributed by atoms with Gasteiger partial charge < -0.3 is 10.4 Å². The molecule has 3 rings (SSSR count). The summed E-state index contributed by atoms with van der Waals surface area (Å²) in [5.74, 6) is 0. The zero-order valence-corrected chi connectivity index (χ0v) is 14.6. The van der Waals surface area contributed by atoms with E-state index >= 15 is 0 Å². The topological polar surface area (TPSA) is 95.5 Å². The minimum absolute atomic E-state index is 0.0323. The van der Waals surface area contributed by atoms with E-state index in [4.69, 9.17) is 0 Å². The lowest BCUT2D eigenvalue weighted by Gasteiger charge is -2.24. The van der Waals surface area contributed by atoms with Crippen LogP contribution in [-0.4, -0.2) is 20.2 Å². The van der Waals surface area contributed by atoms with E-state index in [1.54, 1.807) is 20.8 Å². The van der Waals surface area contributed by atoms with E-state index in [-0.39, 0.29) is 11.4 Å². The molecule has 2 aromatic rings. The van der Waals surface area contributed by atoms with Gasteiger partial charge in [0.2, 0.25) is 0 Å². The molecule has 0 saturated heterocycles. The maximum absolute atomic E-state index is 12.2. The molecule has 1 aliphatic carbocycles. The highest BCUT2D eigenvalue weighted by atomic mass is 32.2.